The molecule has 0 bridgehead atoms. The van der Waals surface area contributed by atoms with E-state index in [1.165, 1.54) is 19.2 Å². The van der Waals surface area contributed by atoms with Crippen molar-refractivity contribution in [1.29, 1.82) is 0 Å². The van der Waals surface area contributed by atoms with Gasteiger partial charge in [0.2, 0.25) is 0 Å². The van der Waals surface area contributed by atoms with E-state index in [9.17, 15) is 13.6 Å². The van der Waals surface area contributed by atoms with E-state index in [2.05, 4.69) is 4.74 Å². The minimum Gasteiger partial charge on any atom is -0.493 e. The number of alkyl halides is 2. The van der Waals surface area contributed by atoms with Crippen molar-refractivity contribution >= 4 is 5.97 Å². The summed E-state index contributed by atoms with van der Waals surface area (Å²) in [7, 11) is 1.34. The fourth-order valence-corrected chi connectivity index (χ4v) is 1.62. The molecule has 0 radical (unpaired) electrons. The van der Waals surface area contributed by atoms with E-state index in [1.54, 1.807) is 13.0 Å². The predicted molar refractivity (Wildman–Crippen MR) is 67.9 cm³/mol. The maximum atomic E-state index is 12.3. The number of nitrogens with two attached hydrogens (primary N) is 1. The summed E-state index contributed by atoms with van der Waals surface area (Å²) < 4.78 is 38.6. The van der Waals surface area contributed by atoms with Gasteiger partial charge in [-0.15, -0.1) is 0 Å². The predicted octanol–water partition coefficient (Wildman–Crippen LogP) is 1.73. The Balaban J connectivity index is 2.83. The molecule has 1 aromatic rings. The van der Waals surface area contributed by atoms with E-state index in [-0.39, 0.29) is 24.5 Å². The average molecular weight is 289 g/mol. The van der Waals surface area contributed by atoms with Crippen molar-refractivity contribution in [1.82, 2.24) is 0 Å². The Morgan fingerprint density at radius 3 is 2.60 bits per heavy atom. The zero-order valence-electron chi connectivity index (χ0n) is 11.3. The van der Waals surface area contributed by atoms with Gasteiger partial charge in [-0.3, -0.25) is 4.79 Å². The van der Waals surface area contributed by atoms with E-state index < -0.39 is 18.6 Å². The van der Waals surface area contributed by atoms with Crippen molar-refractivity contribution < 1.29 is 27.8 Å². The summed E-state index contributed by atoms with van der Waals surface area (Å²) in [6.07, 6.45) is 0.155. The lowest BCUT2D eigenvalue weighted by atomic mass is 10.1. The van der Waals surface area contributed by atoms with Gasteiger partial charge in [0.15, 0.2) is 11.5 Å². The number of hydrogen-bond acceptors (Lipinski definition) is 5. The molecule has 0 heterocycles. The summed E-state index contributed by atoms with van der Waals surface area (Å²) in [6.45, 7) is -1.06. The number of carbonyl (C=O) groups is 1. The molecule has 0 saturated heterocycles. The lowest BCUT2D eigenvalue weighted by molar-refractivity contribution is -0.144. The van der Waals surface area contributed by atoms with Crippen LogP contribution in [0.5, 0.6) is 11.5 Å². The molecular weight excluding hydrogens is 272 g/mol. The summed E-state index contributed by atoms with van der Waals surface area (Å²) in [6, 6.07) is 3.60. The van der Waals surface area contributed by atoms with Crippen molar-refractivity contribution in [3.05, 3.63) is 23.8 Å². The summed E-state index contributed by atoms with van der Waals surface area (Å²) >= 11 is 0. The smallest absolute Gasteiger partial charge is 0.387 e. The van der Waals surface area contributed by atoms with Crippen LogP contribution in [0.4, 0.5) is 8.78 Å². The van der Waals surface area contributed by atoms with Crippen LogP contribution in [0.2, 0.25) is 0 Å². The number of hydrogen-bond donors (Lipinski definition) is 1. The fourth-order valence-electron chi connectivity index (χ4n) is 1.62. The Hall–Kier alpha value is -1.89. The van der Waals surface area contributed by atoms with Gasteiger partial charge >= 0.3 is 12.6 Å². The largest absolute Gasteiger partial charge is 0.493 e. The van der Waals surface area contributed by atoms with Crippen LogP contribution >= 0.6 is 0 Å². The molecule has 0 aromatic heterocycles. The highest BCUT2D eigenvalue weighted by atomic mass is 19.3. The van der Waals surface area contributed by atoms with E-state index in [4.69, 9.17) is 15.2 Å². The van der Waals surface area contributed by atoms with Crippen LogP contribution < -0.4 is 15.2 Å². The van der Waals surface area contributed by atoms with Crippen LogP contribution in [0, 0.1) is 0 Å². The van der Waals surface area contributed by atoms with Crippen LogP contribution in [0.3, 0.4) is 0 Å². The first-order valence-electron chi connectivity index (χ1n) is 6.01. The summed E-state index contributed by atoms with van der Waals surface area (Å²) in [5.41, 5.74) is 6.23. The van der Waals surface area contributed by atoms with E-state index in [0.29, 0.717) is 5.56 Å². The van der Waals surface area contributed by atoms with Gasteiger partial charge in [0, 0.05) is 0 Å². The van der Waals surface area contributed by atoms with E-state index in [1.807, 2.05) is 0 Å². The minimum atomic E-state index is -2.96. The van der Waals surface area contributed by atoms with Crippen molar-refractivity contribution in [3.63, 3.8) is 0 Å². The maximum Gasteiger partial charge on any atom is 0.387 e. The van der Waals surface area contributed by atoms with E-state index in [0.717, 1.165) is 0 Å². The topological polar surface area (TPSA) is 70.8 Å². The number of carbonyl (C=O) groups excluding carboxylic acids is 1. The number of methoxy groups -OCH3 is 1. The van der Waals surface area contributed by atoms with Crippen molar-refractivity contribution in [2.75, 3.05) is 13.7 Å². The Kier molecular flexibility index (Phi) is 6.17. The van der Waals surface area contributed by atoms with Crippen LogP contribution in [-0.2, 0) is 16.0 Å². The molecular formula is C13H17F2NO4. The first-order valence-corrected chi connectivity index (χ1v) is 6.01. The molecule has 112 valence electrons. The van der Waals surface area contributed by atoms with Gasteiger partial charge in [0.05, 0.1) is 13.7 Å². The molecule has 0 amide bonds. The Morgan fingerprint density at radius 2 is 2.05 bits per heavy atom. The Labute approximate surface area is 115 Å². The number of esters is 1. The van der Waals surface area contributed by atoms with Gasteiger partial charge in [0.25, 0.3) is 0 Å². The molecule has 20 heavy (non-hydrogen) atoms. The van der Waals surface area contributed by atoms with Crippen LogP contribution in [0.25, 0.3) is 0 Å². The molecule has 0 aliphatic carbocycles. The quantitative estimate of drug-likeness (QED) is 0.774. The van der Waals surface area contributed by atoms with Crippen molar-refractivity contribution in [2.45, 2.75) is 26.0 Å². The first-order chi connectivity index (χ1) is 9.47. The third-order valence-corrected chi connectivity index (χ3v) is 2.49. The van der Waals surface area contributed by atoms with Crippen LogP contribution in [0.1, 0.15) is 12.5 Å². The highest BCUT2D eigenvalue weighted by molar-refractivity contribution is 5.75. The number of benzene rings is 1. The minimum absolute atomic E-state index is 0.101. The first kappa shape index (κ1) is 16.2. The molecule has 5 nitrogen and oxygen atoms in total. The molecule has 1 aromatic carbocycles. The number of ether oxygens (including phenoxy) is 3. The standard InChI is InChI=1S/C13H17F2NO4/c1-3-19-12(17)9(16)6-8-4-5-10(18-2)11(7-8)20-13(14)15/h4-5,7,9,13H,3,6,16H2,1-2H3. The van der Waals surface area contributed by atoms with Gasteiger partial charge in [0.1, 0.15) is 6.04 Å². The van der Waals surface area contributed by atoms with E-state index >= 15 is 0 Å². The SMILES string of the molecule is CCOC(=O)C(N)Cc1ccc(OC)c(OC(F)F)c1. The van der Waals surface area contributed by atoms with Gasteiger partial charge < -0.3 is 19.9 Å². The zero-order chi connectivity index (χ0) is 15.1. The Morgan fingerprint density at radius 1 is 1.35 bits per heavy atom. The summed E-state index contributed by atoms with van der Waals surface area (Å²) in [5.74, 6) is -0.463. The van der Waals surface area contributed by atoms with Gasteiger partial charge in [-0.05, 0) is 31.0 Å². The normalized spacial score (nSPS) is 12.1. The van der Waals surface area contributed by atoms with Gasteiger partial charge in [-0.25, -0.2) is 0 Å². The molecule has 0 saturated carbocycles. The summed E-state index contributed by atoms with van der Waals surface area (Å²) in [4.78, 5) is 11.4. The molecule has 0 aliphatic rings. The molecule has 1 rings (SSSR count). The third kappa shape index (κ3) is 4.65. The average Bonchev–Trinajstić information content (AvgIpc) is 2.38. The van der Waals surface area contributed by atoms with Crippen molar-refractivity contribution in [2.24, 2.45) is 5.73 Å². The molecule has 0 spiro atoms. The molecule has 0 fully saturated rings. The number of rotatable bonds is 7. The molecule has 2 N–H and O–H groups in total. The second-order valence-electron chi connectivity index (χ2n) is 3.93. The lowest BCUT2D eigenvalue weighted by Gasteiger charge is -2.14. The zero-order valence-corrected chi connectivity index (χ0v) is 11.3. The van der Waals surface area contributed by atoms with Crippen LogP contribution in [0.15, 0.2) is 18.2 Å². The summed E-state index contributed by atoms with van der Waals surface area (Å²) in [5, 5.41) is 0. The molecule has 1 unspecified atom stereocenters. The monoisotopic (exact) mass is 289 g/mol. The van der Waals surface area contributed by atoms with Gasteiger partial charge in [-0.2, -0.15) is 8.78 Å². The Bertz CT molecular complexity index is 454. The van der Waals surface area contributed by atoms with Crippen LogP contribution in [-0.4, -0.2) is 32.3 Å². The number of halogens is 2. The van der Waals surface area contributed by atoms with Gasteiger partial charge in [-0.1, -0.05) is 6.07 Å². The molecule has 0 aliphatic heterocycles. The highest BCUT2D eigenvalue weighted by Crippen LogP contribution is 2.29. The maximum absolute atomic E-state index is 12.3. The third-order valence-electron chi connectivity index (χ3n) is 2.49. The highest BCUT2D eigenvalue weighted by Gasteiger charge is 2.17. The molecule has 7 heteroatoms. The second-order valence-corrected chi connectivity index (χ2v) is 3.93. The fraction of sp³-hybridized carbons (Fsp3) is 0.462. The lowest BCUT2D eigenvalue weighted by Crippen LogP contribution is -2.34. The molecule has 1 atom stereocenters. The van der Waals surface area contributed by atoms with Crippen molar-refractivity contribution in [3.8, 4) is 11.5 Å². The second kappa shape index (κ2) is 7.64.